The molecule has 1 atom stereocenters. The molecule has 0 saturated carbocycles. The number of carbonyl (C=O) groups excluding carboxylic acids is 3. The zero-order valence-corrected chi connectivity index (χ0v) is 42.8. The highest BCUT2D eigenvalue weighted by Crippen LogP contribution is 2.16. The Labute approximate surface area is 397 Å². The fourth-order valence-corrected chi connectivity index (χ4v) is 8.10. The summed E-state index contributed by atoms with van der Waals surface area (Å²) in [4.78, 5) is 38.0. The maximum absolute atomic E-state index is 12.8. The summed E-state index contributed by atoms with van der Waals surface area (Å²) >= 11 is 0. The number of unbranched alkanes of at least 4 members (excludes halogenated alkanes) is 34. The minimum absolute atomic E-state index is 0.0737. The van der Waals surface area contributed by atoms with Gasteiger partial charge in [-0.2, -0.15) is 0 Å². The number of esters is 3. The number of carbonyl (C=O) groups is 3. The van der Waals surface area contributed by atoms with E-state index in [1.165, 1.54) is 186 Å². The van der Waals surface area contributed by atoms with Gasteiger partial charge in [0.25, 0.3) is 0 Å². The van der Waals surface area contributed by atoms with Gasteiger partial charge in [-0.05, 0) is 70.6 Å². The van der Waals surface area contributed by atoms with Gasteiger partial charge in [0.05, 0.1) is 0 Å². The average molecular weight is 899 g/mol. The van der Waals surface area contributed by atoms with Crippen LogP contribution in [0.25, 0.3) is 0 Å². The third-order valence-corrected chi connectivity index (χ3v) is 12.4. The van der Waals surface area contributed by atoms with E-state index in [1.54, 1.807) is 0 Å². The summed E-state index contributed by atoms with van der Waals surface area (Å²) < 4.78 is 16.8. The Hall–Kier alpha value is -2.37. The van der Waals surface area contributed by atoms with Crippen LogP contribution in [-0.2, 0) is 28.6 Å². The lowest BCUT2D eigenvalue weighted by Gasteiger charge is -2.18. The van der Waals surface area contributed by atoms with E-state index in [1.807, 2.05) is 0 Å². The van der Waals surface area contributed by atoms with Crippen molar-refractivity contribution in [2.24, 2.45) is 0 Å². The van der Waals surface area contributed by atoms with Gasteiger partial charge in [-0.15, -0.1) is 0 Å². The van der Waals surface area contributed by atoms with Crippen LogP contribution in [-0.4, -0.2) is 37.2 Å². The minimum atomic E-state index is -0.773. The van der Waals surface area contributed by atoms with Crippen LogP contribution < -0.4 is 0 Å². The highest BCUT2D eigenvalue weighted by Gasteiger charge is 2.19. The smallest absolute Gasteiger partial charge is 0.306 e. The molecule has 0 bridgehead atoms. The zero-order chi connectivity index (χ0) is 46.5. The van der Waals surface area contributed by atoms with Gasteiger partial charge < -0.3 is 14.2 Å². The largest absolute Gasteiger partial charge is 0.462 e. The standard InChI is InChI=1S/C58H106O6/c1-4-7-10-13-16-19-22-24-26-28-29-30-32-33-36-39-42-45-48-51-57(60)63-54-55(53-62-56(59)50-47-44-41-38-35-21-18-15-12-9-6-3)64-58(61)52-49-46-43-40-37-34-31-27-25-23-20-17-14-11-8-5-2/h15-16,18-19,24,26,55H,4-14,17,20-23,25,27-54H2,1-3H3/b18-15-,19-16-,26-24-. The molecule has 0 spiro atoms. The van der Waals surface area contributed by atoms with Crippen molar-refractivity contribution >= 4 is 17.9 Å². The Bertz CT molecular complexity index is 1080. The first-order valence-corrected chi connectivity index (χ1v) is 28.0. The quantitative estimate of drug-likeness (QED) is 0.0262. The van der Waals surface area contributed by atoms with Crippen molar-refractivity contribution in [3.05, 3.63) is 36.5 Å². The second-order valence-corrected chi connectivity index (χ2v) is 18.8. The molecule has 0 aliphatic rings. The first kappa shape index (κ1) is 61.6. The average Bonchev–Trinajstić information content (AvgIpc) is 3.29. The van der Waals surface area contributed by atoms with E-state index in [4.69, 9.17) is 14.2 Å². The molecule has 6 heteroatoms. The lowest BCUT2D eigenvalue weighted by molar-refractivity contribution is -0.167. The van der Waals surface area contributed by atoms with Crippen LogP contribution in [0.1, 0.15) is 297 Å². The molecule has 0 radical (unpaired) electrons. The highest BCUT2D eigenvalue weighted by atomic mass is 16.6. The van der Waals surface area contributed by atoms with E-state index in [0.29, 0.717) is 19.3 Å². The van der Waals surface area contributed by atoms with Crippen LogP contribution in [0.2, 0.25) is 0 Å². The SMILES string of the molecule is CCCC/C=C\CCCCCCCC(=O)OCC(COC(=O)CCCCCCCCCCC/C=C\C/C=C\CCCCC)OC(=O)CCCCCCCCCCCCCCCCCC. The molecule has 374 valence electrons. The van der Waals surface area contributed by atoms with Gasteiger partial charge in [0, 0.05) is 19.3 Å². The topological polar surface area (TPSA) is 78.9 Å². The highest BCUT2D eigenvalue weighted by molar-refractivity contribution is 5.71. The van der Waals surface area contributed by atoms with E-state index in [0.717, 1.165) is 70.6 Å². The predicted molar refractivity (Wildman–Crippen MR) is 275 cm³/mol. The molecule has 0 N–H and O–H groups in total. The van der Waals surface area contributed by atoms with E-state index < -0.39 is 6.10 Å². The second kappa shape index (κ2) is 53.2. The Morgan fingerprint density at radius 1 is 0.312 bits per heavy atom. The van der Waals surface area contributed by atoms with Crippen LogP contribution in [0, 0.1) is 0 Å². The molecule has 64 heavy (non-hydrogen) atoms. The summed E-state index contributed by atoms with van der Waals surface area (Å²) in [5.74, 6) is -0.872. The molecule has 0 aromatic heterocycles. The molecule has 0 aromatic rings. The Morgan fingerprint density at radius 3 is 0.953 bits per heavy atom. The van der Waals surface area contributed by atoms with Gasteiger partial charge in [0.15, 0.2) is 6.10 Å². The molecule has 0 aromatic carbocycles. The molecule has 0 heterocycles. The van der Waals surface area contributed by atoms with Crippen molar-refractivity contribution in [3.8, 4) is 0 Å². The summed E-state index contributed by atoms with van der Waals surface area (Å²) in [6, 6.07) is 0. The van der Waals surface area contributed by atoms with Gasteiger partial charge >= 0.3 is 17.9 Å². The molecule has 0 aliphatic carbocycles. The Balaban J connectivity index is 4.30. The third-order valence-electron chi connectivity index (χ3n) is 12.4. The van der Waals surface area contributed by atoms with Crippen molar-refractivity contribution in [1.82, 2.24) is 0 Å². The first-order chi connectivity index (χ1) is 31.5. The third kappa shape index (κ3) is 50.6. The van der Waals surface area contributed by atoms with E-state index >= 15 is 0 Å². The lowest BCUT2D eigenvalue weighted by atomic mass is 10.0. The van der Waals surface area contributed by atoms with Crippen molar-refractivity contribution in [1.29, 1.82) is 0 Å². The molecule has 0 saturated heterocycles. The molecule has 1 unspecified atom stereocenters. The molecule has 0 aliphatic heterocycles. The Kier molecular flexibility index (Phi) is 51.3. The summed E-state index contributed by atoms with van der Waals surface area (Å²) in [5.41, 5.74) is 0. The summed E-state index contributed by atoms with van der Waals surface area (Å²) in [6.45, 7) is 6.60. The van der Waals surface area contributed by atoms with Gasteiger partial charge in [-0.3, -0.25) is 14.4 Å². The summed E-state index contributed by atoms with van der Waals surface area (Å²) in [5, 5.41) is 0. The Morgan fingerprint density at radius 2 is 0.578 bits per heavy atom. The van der Waals surface area contributed by atoms with Gasteiger partial charge in [-0.1, -0.05) is 243 Å². The second-order valence-electron chi connectivity index (χ2n) is 18.8. The predicted octanol–water partition coefficient (Wildman–Crippen LogP) is 18.5. The normalized spacial score (nSPS) is 12.2. The molecule has 0 rings (SSSR count). The first-order valence-electron chi connectivity index (χ1n) is 28.0. The number of rotatable bonds is 51. The monoisotopic (exact) mass is 899 g/mol. The maximum atomic E-state index is 12.8. The molecule has 0 fully saturated rings. The van der Waals surface area contributed by atoms with E-state index in [2.05, 4.69) is 57.2 Å². The van der Waals surface area contributed by atoms with Crippen LogP contribution in [0.5, 0.6) is 0 Å². The van der Waals surface area contributed by atoms with Crippen molar-refractivity contribution < 1.29 is 28.6 Å². The minimum Gasteiger partial charge on any atom is -0.462 e. The number of allylic oxidation sites excluding steroid dienone is 6. The molecule has 0 amide bonds. The summed E-state index contributed by atoms with van der Waals surface area (Å²) in [6.07, 6.45) is 62.7. The molecular weight excluding hydrogens is 793 g/mol. The number of hydrogen-bond acceptors (Lipinski definition) is 6. The van der Waals surface area contributed by atoms with E-state index in [9.17, 15) is 14.4 Å². The maximum Gasteiger partial charge on any atom is 0.306 e. The van der Waals surface area contributed by atoms with Gasteiger partial charge in [-0.25, -0.2) is 0 Å². The van der Waals surface area contributed by atoms with Crippen molar-refractivity contribution in [2.45, 2.75) is 303 Å². The fraction of sp³-hybridized carbons (Fsp3) is 0.845. The summed E-state index contributed by atoms with van der Waals surface area (Å²) in [7, 11) is 0. The lowest BCUT2D eigenvalue weighted by Crippen LogP contribution is -2.30. The van der Waals surface area contributed by atoms with Gasteiger partial charge in [0.1, 0.15) is 13.2 Å². The van der Waals surface area contributed by atoms with E-state index in [-0.39, 0.29) is 31.1 Å². The molecule has 6 nitrogen and oxygen atoms in total. The van der Waals surface area contributed by atoms with Crippen LogP contribution in [0.15, 0.2) is 36.5 Å². The number of hydrogen-bond donors (Lipinski definition) is 0. The van der Waals surface area contributed by atoms with Crippen LogP contribution in [0.3, 0.4) is 0 Å². The zero-order valence-electron chi connectivity index (χ0n) is 42.8. The van der Waals surface area contributed by atoms with Crippen LogP contribution in [0.4, 0.5) is 0 Å². The van der Waals surface area contributed by atoms with Gasteiger partial charge in [0.2, 0.25) is 0 Å². The van der Waals surface area contributed by atoms with Crippen molar-refractivity contribution in [2.75, 3.05) is 13.2 Å². The number of ether oxygens (including phenoxy) is 3. The fourth-order valence-electron chi connectivity index (χ4n) is 8.10. The van der Waals surface area contributed by atoms with Crippen LogP contribution >= 0.6 is 0 Å². The molecular formula is C58H106O6. The van der Waals surface area contributed by atoms with Crippen molar-refractivity contribution in [3.63, 3.8) is 0 Å².